The molecule has 7 nitrogen and oxygen atoms in total. The van der Waals surface area contributed by atoms with Crippen LogP contribution < -0.4 is 10.9 Å². The van der Waals surface area contributed by atoms with Crippen molar-refractivity contribution < 1.29 is 9.18 Å². The fourth-order valence-corrected chi connectivity index (χ4v) is 6.08. The average molecular weight is 548 g/mol. The summed E-state index contributed by atoms with van der Waals surface area (Å²) in [5.41, 5.74) is 5.75. The SMILES string of the molecule is C[C@@H](Cc1cc(F)ccc1Cl)Nc1cc[nH]c(=O)c1C1=Nc2cc3c(cc2C1)C(=O)N(CCN1CCCC1)C3. The number of H-pyrrole nitrogens is 1. The molecule has 4 heterocycles. The smallest absolute Gasteiger partial charge is 0.259 e. The third-order valence-corrected chi connectivity index (χ3v) is 8.24. The minimum Gasteiger partial charge on any atom is -0.382 e. The van der Waals surface area contributed by atoms with E-state index in [-0.39, 0.29) is 23.3 Å². The third kappa shape index (κ3) is 5.23. The second kappa shape index (κ2) is 10.6. The maximum Gasteiger partial charge on any atom is 0.259 e. The Morgan fingerprint density at radius 1 is 1.10 bits per heavy atom. The van der Waals surface area contributed by atoms with Gasteiger partial charge in [0, 0.05) is 48.9 Å². The van der Waals surface area contributed by atoms with Gasteiger partial charge in [-0.25, -0.2) is 4.39 Å². The summed E-state index contributed by atoms with van der Waals surface area (Å²) in [6, 6.07) is 9.98. The van der Waals surface area contributed by atoms with Crippen molar-refractivity contribution in [2.45, 2.75) is 45.2 Å². The van der Waals surface area contributed by atoms with Crippen LogP contribution in [0.5, 0.6) is 0 Å². The molecule has 0 bridgehead atoms. The molecule has 1 saturated heterocycles. The minimum absolute atomic E-state index is 0.0743. The van der Waals surface area contributed by atoms with Crippen LogP contribution in [0.3, 0.4) is 0 Å². The fraction of sp³-hybridized carbons (Fsp3) is 0.367. The standard InChI is InChI=1S/C30H31ClFN5O2/c1-18(12-19-13-22(32)4-5-24(19)31)34-25-6-7-33-29(38)28(25)27-15-20-14-23-21(16-26(20)35-27)17-37(30(23)39)11-10-36-8-2-3-9-36/h4-7,13-14,16,18H,2-3,8-12,15,17H2,1H3,(H2,33,34,38)/t18-/m0/s1. The first kappa shape index (κ1) is 25.8. The van der Waals surface area contributed by atoms with Gasteiger partial charge in [-0.2, -0.15) is 0 Å². The van der Waals surface area contributed by atoms with E-state index in [9.17, 15) is 14.0 Å². The number of rotatable bonds is 8. The van der Waals surface area contributed by atoms with Gasteiger partial charge in [0.2, 0.25) is 0 Å². The van der Waals surface area contributed by atoms with Crippen LogP contribution in [-0.2, 0) is 19.4 Å². The lowest BCUT2D eigenvalue weighted by atomic mass is 10.00. The summed E-state index contributed by atoms with van der Waals surface area (Å²) < 4.78 is 13.7. The predicted molar refractivity (Wildman–Crippen MR) is 152 cm³/mol. The molecular weight excluding hydrogens is 517 g/mol. The number of aromatic amines is 1. The molecule has 202 valence electrons. The number of anilines is 1. The molecule has 0 spiro atoms. The van der Waals surface area contributed by atoms with E-state index in [1.165, 1.54) is 25.0 Å². The average Bonchev–Trinajstić information content (AvgIpc) is 3.63. The van der Waals surface area contributed by atoms with Gasteiger partial charge in [-0.05, 0) is 92.4 Å². The third-order valence-electron chi connectivity index (χ3n) is 7.87. The maximum absolute atomic E-state index is 13.7. The summed E-state index contributed by atoms with van der Waals surface area (Å²) in [7, 11) is 0. The molecule has 1 amide bonds. The van der Waals surface area contributed by atoms with Gasteiger partial charge in [-0.1, -0.05) is 11.6 Å². The Balaban J connectivity index is 1.20. The largest absolute Gasteiger partial charge is 0.382 e. The van der Waals surface area contributed by atoms with Crippen molar-refractivity contribution in [1.29, 1.82) is 0 Å². The first-order valence-electron chi connectivity index (χ1n) is 13.5. The number of fused-ring (bicyclic) bond motifs is 2. The number of hydrogen-bond donors (Lipinski definition) is 2. The van der Waals surface area contributed by atoms with Gasteiger partial charge in [-0.15, -0.1) is 0 Å². The summed E-state index contributed by atoms with van der Waals surface area (Å²) in [5.74, 6) is -0.262. The Labute approximate surface area is 231 Å². The highest BCUT2D eigenvalue weighted by Crippen LogP contribution is 2.36. The van der Waals surface area contributed by atoms with E-state index < -0.39 is 0 Å². The highest BCUT2D eigenvalue weighted by atomic mass is 35.5. The van der Waals surface area contributed by atoms with Crippen molar-refractivity contribution >= 4 is 34.6 Å². The highest BCUT2D eigenvalue weighted by Gasteiger charge is 2.31. The quantitative estimate of drug-likeness (QED) is 0.419. The van der Waals surface area contributed by atoms with Crippen molar-refractivity contribution in [3.63, 3.8) is 0 Å². The van der Waals surface area contributed by atoms with Crippen molar-refractivity contribution in [2.75, 3.05) is 31.5 Å². The van der Waals surface area contributed by atoms with Crippen molar-refractivity contribution in [3.05, 3.63) is 91.6 Å². The zero-order valence-electron chi connectivity index (χ0n) is 21.9. The number of pyridine rings is 1. The second-order valence-corrected chi connectivity index (χ2v) is 11.1. The molecule has 2 N–H and O–H groups in total. The molecule has 0 saturated carbocycles. The van der Waals surface area contributed by atoms with E-state index in [1.807, 2.05) is 30.0 Å². The number of aromatic nitrogens is 1. The Bertz CT molecular complexity index is 1530. The number of benzene rings is 2. The van der Waals surface area contributed by atoms with Crippen molar-refractivity contribution in [3.8, 4) is 0 Å². The van der Waals surface area contributed by atoms with Crippen LogP contribution in [-0.4, -0.2) is 58.6 Å². The first-order chi connectivity index (χ1) is 18.9. The molecule has 1 aromatic heterocycles. The molecule has 0 aliphatic carbocycles. The topological polar surface area (TPSA) is 80.8 Å². The molecule has 3 aliphatic rings. The van der Waals surface area contributed by atoms with Crippen molar-refractivity contribution in [1.82, 2.24) is 14.8 Å². The van der Waals surface area contributed by atoms with Gasteiger partial charge in [0.15, 0.2) is 0 Å². The lowest BCUT2D eigenvalue weighted by Crippen LogP contribution is -2.33. The van der Waals surface area contributed by atoms with E-state index >= 15 is 0 Å². The van der Waals surface area contributed by atoms with Crippen LogP contribution >= 0.6 is 11.6 Å². The number of nitrogens with one attached hydrogen (secondary N) is 2. The number of nitrogens with zero attached hydrogens (tertiary/aromatic N) is 3. The Hall–Kier alpha value is -3.49. The van der Waals surface area contributed by atoms with Gasteiger partial charge >= 0.3 is 0 Å². The fourth-order valence-electron chi connectivity index (χ4n) is 5.89. The molecule has 0 radical (unpaired) electrons. The van der Waals surface area contributed by atoms with Crippen LogP contribution in [0.1, 0.15) is 52.4 Å². The van der Waals surface area contributed by atoms with E-state index in [1.54, 1.807) is 12.3 Å². The maximum atomic E-state index is 13.7. The molecule has 39 heavy (non-hydrogen) atoms. The van der Waals surface area contributed by atoms with Crippen LogP contribution in [0.15, 0.2) is 52.4 Å². The number of halogens is 2. The van der Waals surface area contributed by atoms with E-state index in [0.717, 1.165) is 48.6 Å². The zero-order valence-corrected chi connectivity index (χ0v) is 22.7. The predicted octanol–water partition coefficient (Wildman–Crippen LogP) is 4.94. The number of hydrogen-bond acceptors (Lipinski definition) is 5. The highest BCUT2D eigenvalue weighted by molar-refractivity contribution is 6.31. The molecule has 0 unspecified atom stereocenters. The second-order valence-electron chi connectivity index (χ2n) is 10.7. The van der Waals surface area contributed by atoms with Crippen molar-refractivity contribution in [2.24, 2.45) is 4.99 Å². The number of amides is 1. The Kier molecular flexibility index (Phi) is 6.99. The molecule has 1 fully saturated rings. The normalized spacial score (nSPS) is 17.4. The van der Waals surface area contributed by atoms with Gasteiger partial charge in [0.05, 0.1) is 22.6 Å². The molecule has 3 aliphatic heterocycles. The lowest BCUT2D eigenvalue weighted by Gasteiger charge is -2.20. The lowest BCUT2D eigenvalue weighted by molar-refractivity contribution is 0.0763. The first-order valence-corrected chi connectivity index (χ1v) is 13.9. The number of carbonyl (C=O) groups excluding carboxylic acids is 1. The Morgan fingerprint density at radius 2 is 1.92 bits per heavy atom. The molecule has 6 rings (SSSR count). The van der Waals surface area contributed by atoms with Gasteiger partial charge in [-0.3, -0.25) is 14.6 Å². The van der Waals surface area contributed by atoms with Gasteiger partial charge in [0.25, 0.3) is 11.5 Å². The Morgan fingerprint density at radius 3 is 2.74 bits per heavy atom. The van der Waals surface area contributed by atoms with Crippen LogP contribution in [0.4, 0.5) is 15.8 Å². The zero-order chi connectivity index (χ0) is 27.1. The van der Waals surface area contributed by atoms with Crippen LogP contribution in [0.25, 0.3) is 0 Å². The van der Waals surface area contributed by atoms with Crippen LogP contribution in [0, 0.1) is 5.82 Å². The summed E-state index contributed by atoms with van der Waals surface area (Å²) in [4.78, 5) is 38.1. The number of likely N-dealkylation sites (tertiary alicyclic amines) is 1. The van der Waals surface area contributed by atoms with E-state index in [4.69, 9.17) is 16.6 Å². The summed E-state index contributed by atoms with van der Waals surface area (Å²) in [5, 5.41) is 3.90. The van der Waals surface area contributed by atoms with Gasteiger partial charge in [0.1, 0.15) is 5.82 Å². The van der Waals surface area contributed by atoms with E-state index in [0.29, 0.717) is 46.9 Å². The summed E-state index contributed by atoms with van der Waals surface area (Å²) in [6.45, 7) is 6.45. The molecule has 2 aromatic carbocycles. The van der Waals surface area contributed by atoms with E-state index in [2.05, 4.69) is 15.2 Å². The number of aliphatic imine (C=N–C) groups is 1. The monoisotopic (exact) mass is 547 g/mol. The molecule has 3 aromatic rings. The van der Waals surface area contributed by atoms with Crippen LogP contribution in [0.2, 0.25) is 5.02 Å². The minimum atomic E-state index is -0.336. The van der Waals surface area contributed by atoms with Gasteiger partial charge < -0.3 is 20.1 Å². The molecule has 1 atom stereocenters. The summed E-state index contributed by atoms with van der Waals surface area (Å²) >= 11 is 6.27. The summed E-state index contributed by atoms with van der Waals surface area (Å²) in [6.07, 6.45) is 5.03. The molecular formula is C30H31ClFN5O2. The number of carbonyl (C=O) groups is 1. The molecule has 9 heteroatoms.